The zero-order chi connectivity index (χ0) is 16.9. The van der Waals surface area contributed by atoms with Crippen LogP contribution in [0.1, 0.15) is 5.56 Å². The van der Waals surface area contributed by atoms with E-state index in [0.29, 0.717) is 23.1 Å². The summed E-state index contributed by atoms with van der Waals surface area (Å²) < 4.78 is 14.5. The summed E-state index contributed by atoms with van der Waals surface area (Å²) in [5.41, 5.74) is 1.54. The number of halogens is 2. The lowest BCUT2D eigenvalue weighted by atomic mass is 10.2. The standard InChI is InChI=1S/C17H14ClFN4O/c18-13-3-7-15(8-4-13)20-17(24)21-16-9-10-23(22-16)11-12-1-5-14(19)6-2-12/h1-10H,11H2,(H2,20,21,22,24). The number of nitrogens with zero attached hydrogens (tertiary/aromatic N) is 2. The van der Waals surface area contributed by atoms with Crippen molar-refractivity contribution in [2.24, 2.45) is 0 Å². The molecule has 0 atom stereocenters. The minimum Gasteiger partial charge on any atom is -0.308 e. The van der Waals surface area contributed by atoms with Crippen molar-refractivity contribution >= 4 is 29.1 Å². The van der Waals surface area contributed by atoms with Gasteiger partial charge in [-0.3, -0.25) is 10.00 Å². The zero-order valence-corrected chi connectivity index (χ0v) is 13.3. The van der Waals surface area contributed by atoms with Crippen molar-refractivity contribution in [2.75, 3.05) is 10.6 Å². The molecule has 2 N–H and O–H groups in total. The molecule has 1 heterocycles. The van der Waals surface area contributed by atoms with Crippen LogP contribution in [0.25, 0.3) is 0 Å². The number of carbonyl (C=O) groups is 1. The number of nitrogens with one attached hydrogen (secondary N) is 2. The number of anilines is 2. The van der Waals surface area contributed by atoms with Crippen LogP contribution >= 0.6 is 11.6 Å². The molecule has 0 saturated carbocycles. The Hall–Kier alpha value is -2.86. The summed E-state index contributed by atoms with van der Waals surface area (Å²) in [5, 5.41) is 10.2. The first-order valence-corrected chi connectivity index (χ1v) is 7.58. The molecule has 24 heavy (non-hydrogen) atoms. The lowest BCUT2D eigenvalue weighted by Gasteiger charge is -2.06. The number of carbonyl (C=O) groups excluding carboxylic acids is 1. The highest BCUT2D eigenvalue weighted by Gasteiger charge is 2.06. The SMILES string of the molecule is O=C(Nc1ccc(Cl)cc1)Nc1ccn(Cc2ccc(F)cc2)n1. The number of urea groups is 1. The molecule has 3 aromatic rings. The fourth-order valence-electron chi connectivity index (χ4n) is 2.11. The third-order valence-corrected chi connectivity index (χ3v) is 3.49. The van der Waals surface area contributed by atoms with Gasteiger partial charge in [0.05, 0.1) is 6.54 Å². The fraction of sp³-hybridized carbons (Fsp3) is 0.0588. The molecule has 1 aromatic heterocycles. The van der Waals surface area contributed by atoms with Crippen LogP contribution in [-0.4, -0.2) is 15.8 Å². The van der Waals surface area contributed by atoms with Crippen LogP contribution in [0.3, 0.4) is 0 Å². The number of aromatic nitrogens is 2. The Morgan fingerprint density at radius 1 is 1.04 bits per heavy atom. The van der Waals surface area contributed by atoms with Crippen molar-refractivity contribution in [1.29, 1.82) is 0 Å². The number of hydrogen-bond acceptors (Lipinski definition) is 2. The molecule has 0 fully saturated rings. The van der Waals surface area contributed by atoms with Gasteiger partial charge in [0.15, 0.2) is 5.82 Å². The normalized spacial score (nSPS) is 10.4. The minimum absolute atomic E-state index is 0.277. The van der Waals surface area contributed by atoms with E-state index in [1.807, 2.05) is 0 Å². The number of rotatable bonds is 4. The zero-order valence-electron chi connectivity index (χ0n) is 12.5. The highest BCUT2D eigenvalue weighted by atomic mass is 35.5. The highest BCUT2D eigenvalue weighted by Crippen LogP contribution is 2.14. The monoisotopic (exact) mass is 344 g/mol. The van der Waals surface area contributed by atoms with Gasteiger partial charge in [0, 0.05) is 23.0 Å². The van der Waals surface area contributed by atoms with Gasteiger partial charge in [0.2, 0.25) is 0 Å². The number of amides is 2. The van der Waals surface area contributed by atoms with Gasteiger partial charge in [-0.1, -0.05) is 23.7 Å². The van der Waals surface area contributed by atoms with Crippen molar-refractivity contribution in [1.82, 2.24) is 9.78 Å². The number of benzene rings is 2. The van der Waals surface area contributed by atoms with Gasteiger partial charge in [0.1, 0.15) is 5.82 Å². The Bertz CT molecular complexity index is 831. The van der Waals surface area contributed by atoms with Gasteiger partial charge in [-0.15, -0.1) is 0 Å². The van der Waals surface area contributed by atoms with Gasteiger partial charge in [0.25, 0.3) is 0 Å². The third kappa shape index (κ3) is 4.33. The Kier molecular flexibility index (Phi) is 4.77. The highest BCUT2D eigenvalue weighted by molar-refractivity contribution is 6.30. The molecule has 0 aliphatic rings. The molecule has 3 rings (SSSR count). The van der Waals surface area contributed by atoms with Crippen molar-refractivity contribution < 1.29 is 9.18 Å². The van der Waals surface area contributed by atoms with E-state index in [4.69, 9.17) is 11.6 Å². The quantitative estimate of drug-likeness (QED) is 0.738. The van der Waals surface area contributed by atoms with Gasteiger partial charge in [-0.2, -0.15) is 5.10 Å². The maximum atomic E-state index is 12.9. The summed E-state index contributed by atoms with van der Waals surface area (Å²) in [5.74, 6) is 0.143. The molecule has 2 aromatic carbocycles. The Morgan fingerprint density at radius 2 is 1.75 bits per heavy atom. The lowest BCUT2D eigenvalue weighted by Crippen LogP contribution is -2.19. The largest absolute Gasteiger partial charge is 0.324 e. The Labute approximate surface area is 143 Å². The van der Waals surface area contributed by atoms with E-state index < -0.39 is 6.03 Å². The van der Waals surface area contributed by atoms with E-state index in [0.717, 1.165) is 5.56 Å². The third-order valence-electron chi connectivity index (χ3n) is 3.24. The van der Waals surface area contributed by atoms with Gasteiger partial charge >= 0.3 is 6.03 Å². The second-order valence-electron chi connectivity index (χ2n) is 5.11. The van der Waals surface area contributed by atoms with Gasteiger partial charge in [-0.05, 0) is 42.0 Å². The molecule has 7 heteroatoms. The molecular formula is C17H14ClFN4O. The molecule has 0 bridgehead atoms. The topological polar surface area (TPSA) is 59.0 Å². The van der Waals surface area contributed by atoms with E-state index in [9.17, 15) is 9.18 Å². The van der Waals surface area contributed by atoms with Crippen LogP contribution in [0.4, 0.5) is 20.7 Å². The summed E-state index contributed by atoms with van der Waals surface area (Å²) >= 11 is 5.79. The van der Waals surface area contributed by atoms with E-state index in [2.05, 4.69) is 15.7 Å². The molecule has 122 valence electrons. The van der Waals surface area contributed by atoms with Crippen LogP contribution in [-0.2, 0) is 6.54 Å². The predicted molar refractivity (Wildman–Crippen MR) is 91.8 cm³/mol. The predicted octanol–water partition coefficient (Wildman–Crippen LogP) is 4.37. The van der Waals surface area contributed by atoms with Crippen LogP contribution in [0.2, 0.25) is 5.02 Å². The summed E-state index contributed by atoms with van der Waals surface area (Å²) in [7, 11) is 0. The van der Waals surface area contributed by atoms with Crippen LogP contribution in [0, 0.1) is 5.82 Å². The van der Waals surface area contributed by atoms with Crippen molar-refractivity contribution in [3.63, 3.8) is 0 Å². The molecule has 0 unspecified atom stereocenters. The lowest BCUT2D eigenvalue weighted by molar-refractivity contribution is 0.262. The number of hydrogen-bond donors (Lipinski definition) is 2. The second kappa shape index (κ2) is 7.14. The Balaban J connectivity index is 1.58. The fourth-order valence-corrected chi connectivity index (χ4v) is 2.23. The van der Waals surface area contributed by atoms with E-state index in [1.165, 1.54) is 12.1 Å². The van der Waals surface area contributed by atoms with E-state index >= 15 is 0 Å². The average Bonchev–Trinajstić information content (AvgIpc) is 2.99. The van der Waals surface area contributed by atoms with Gasteiger partial charge < -0.3 is 5.32 Å². The molecule has 0 aliphatic carbocycles. The van der Waals surface area contributed by atoms with Crippen LogP contribution in [0.5, 0.6) is 0 Å². The first-order valence-electron chi connectivity index (χ1n) is 7.20. The van der Waals surface area contributed by atoms with Crippen molar-refractivity contribution in [2.45, 2.75) is 6.54 Å². The first-order chi connectivity index (χ1) is 11.6. The van der Waals surface area contributed by atoms with E-state index in [-0.39, 0.29) is 5.82 Å². The molecule has 2 amide bonds. The maximum absolute atomic E-state index is 12.9. The van der Waals surface area contributed by atoms with Crippen LogP contribution < -0.4 is 10.6 Å². The summed E-state index contributed by atoms with van der Waals surface area (Å²) in [4.78, 5) is 11.9. The molecular weight excluding hydrogens is 331 g/mol. The summed E-state index contributed by atoms with van der Waals surface area (Å²) in [6.45, 7) is 0.487. The molecule has 0 spiro atoms. The second-order valence-corrected chi connectivity index (χ2v) is 5.55. The Morgan fingerprint density at radius 3 is 2.46 bits per heavy atom. The summed E-state index contributed by atoms with van der Waals surface area (Å²) in [6, 6.07) is 14.3. The van der Waals surface area contributed by atoms with Gasteiger partial charge in [-0.25, -0.2) is 9.18 Å². The first kappa shape index (κ1) is 16.0. The average molecular weight is 345 g/mol. The smallest absolute Gasteiger partial charge is 0.308 e. The molecule has 0 radical (unpaired) electrons. The maximum Gasteiger partial charge on any atom is 0.324 e. The molecule has 5 nitrogen and oxygen atoms in total. The summed E-state index contributed by atoms with van der Waals surface area (Å²) in [6.07, 6.45) is 1.74. The van der Waals surface area contributed by atoms with Crippen molar-refractivity contribution in [3.05, 3.63) is 77.2 Å². The van der Waals surface area contributed by atoms with Crippen LogP contribution in [0.15, 0.2) is 60.8 Å². The van der Waals surface area contributed by atoms with E-state index in [1.54, 1.807) is 53.3 Å². The van der Waals surface area contributed by atoms with Crippen molar-refractivity contribution in [3.8, 4) is 0 Å². The molecule has 0 aliphatic heterocycles. The molecule has 0 saturated heterocycles. The minimum atomic E-state index is -0.399.